The molecule has 0 amide bonds. The van der Waals surface area contributed by atoms with Gasteiger partial charge in [0.1, 0.15) is 6.61 Å². The third kappa shape index (κ3) is 7.21. The fourth-order valence-electron chi connectivity index (χ4n) is 2.94. The average molecular weight is 416 g/mol. The number of hydrogen-bond acceptors (Lipinski definition) is 4. The molecule has 30 heavy (non-hydrogen) atoms. The molecule has 1 N–H and O–H groups in total. The molecule has 0 heterocycles. The first kappa shape index (κ1) is 23.4. The van der Waals surface area contributed by atoms with E-state index in [-0.39, 0.29) is 18.1 Å². The molecule has 0 fully saturated rings. The van der Waals surface area contributed by atoms with Crippen molar-refractivity contribution in [3.8, 4) is 11.1 Å². The summed E-state index contributed by atoms with van der Waals surface area (Å²) in [5.74, 6) is -0.772. The monoisotopic (exact) mass is 416 g/mol. The van der Waals surface area contributed by atoms with E-state index in [9.17, 15) is 13.6 Å². The minimum Gasteiger partial charge on any atom is -0.462 e. The normalized spacial score (nSPS) is 11.6. The van der Waals surface area contributed by atoms with Crippen LogP contribution in [0.1, 0.15) is 23.5 Å². The molecule has 2 aromatic rings. The van der Waals surface area contributed by atoms with E-state index in [1.165, 1.54) is 0 Å². The molecule has 4 nitrogen and oxygen atoms in total. The van der Waals surface area contributed by atoms with E-state index >= 15 is 0 Å². The maximum absolute atomic E-state index is 12.1. The summed E-state index contributed by atoms with van der Waals surface area (Å²) in [4.78, 5) is 11.7. The minimum absolute atomic E-state index is 0.0100. The second kappa shape index (κ2) is 12.0. The lowest BCUT2D eigenvalue weighted by atomic mass is 9.96. The summed E-state index contributed by atoms with van der Waals surface area (Å²) in [6.45, 7) is 3.51. The first-order valence-electron chi connectivity index (χ1n) is 9.59. The summed E-state index contributed by atoms with van der Waals surface area (Å²) >= 11 is 0. The molecule has 2 aromatic carbocycles. The Bertz CT molecular complexity index is 854. The molecule has 0 bridgehead atoms. The summed E-state index contributed by atoms with van der Waals surface area (Å²) in [6.07, 6.45) is 0.163. The quantitative estimate of drug-likeness (QED) is 0.419. The Morgan fingerprint density at radius 1 is 1.07 bits per heavy atom. The number of aliphatic hydroxyl groups excluding tert-OH is 1. The zero-order valence-electron chi connectivity index (χ0n) is 16.9. The summed E-state index contributed by atoms with van der Waals surface area (Å²) in [5.41, 5.74) is 4.00. The molecule has 0 aliphatic carbocycles. The van der Waals surface area contributed by atoms with Gasteiger partial charge in [0.2, 0.25) is 0 Å². The number of aryl methyl sites for hydroxylation is 1. The van der Waals surface area contributed by atoms with Crippen LogP contribution in [0.3, 0.4) is 0 Å². The number of ether oxygens (including phenoxy) is 2. The van der Waals surface area contributed by atoms with E-state index in [1.54, 1.807) is 7.11 Å². The molecule has 0 aliphatic rings. The average Bonchev–Trinajstić information content (AvgIpc) is 2.76. The second-order valence-corrected chi connectivity index (χ2v) is 6.86. The van der Waals surface area contributed by atoms with Gasteiger partial charge in [-0.25, -0.2) is 4.79 Å². The number of benzene rings is 2. The summed E-state index contributed by atoms with van der Waals surface area (Å²) in [6, 6.07) is 15.7. The summed E-state index contributed by atoms with van der Waals surface area (Å²) < 4.78 is 34.7. The Kier molecular flexibility index (Phi) is 9.38. The minimum atomic E-state index is -1.65. The van der Waals surface area contributed by atoms with Crippen molar-refractivity contribution >= 4 is 5.97 Å². The molecule has 1 unspecified atom stereocenters. The molecule has 0 saturated heterocycles. The topological polar surface area (TPSA) is 55.8 Å². The third-order valence-corrected chi connectivity index (χ3v) is 4.66. The number of carbonyl (C=O) groups excluding carboxylic acids is 1. The van der Waals surface area contributed by atoms with E-state index < -0.39 is 18.7 Å². The van der Waals surface area contributed by atoms with Crippen molar-refractivity contribution in [1.82, 2.24) is 0 Å². The van der Waals surface area contributed by atoms with E-state index in [2.05, 4.69) is 6.58 Å². The summed E-state index contributed by atoms with van der Waals surface area (Å²) in [7, 11) is 1.58. The Morgan fingerprint density at radius 2 is 1.67 bits per heavy atom. The zero-order valence-corrected chi connectivity index (χ0v) is 16.9. The van der Waals surface area contributed by atoms with Gasteiger partial charge in [0, 0.05) is 13.0 Å². The van der Waals surface area contributed by atoms with Crippen LogP contribution in [0.5, 0.6) is 0 Å². The zero-order chi connectivity index (χ0) is 21.9. The van der Waals surface area contributed by atoms with Gasteiger partial charge in [-0.1, -0.05) is 55.1 Å². The van der Waals surface area contributed by atoms with Crippen molar-refractivity contribution in [3.63, 3.8) is 0 Å². The van der Waals surface area contributed by atoms with Crippen molar-refractivity contribution < 1.29 is 28.2 Å². The largest absolute Gasteiger partial charge is 0.462 e. The number of rotatable bonds is 11. The number of aliphatic hydroxyl groups is 1. The van der Waals surface area contributed by atoms with Crippen LogP contribution in [0.15, 0.2) is 72.8 Å². The smallest absolute Gasteiger partial charge is 0.335 e. The van der Waals surface area contributed by atoms with Gasteiger partial charge in [0.05, 0.1) is 18.8 Å². The molecule has 0 saturated carbocycles. The number of allylic oxidation sites excluding steroid dienone is 1. The van der Waals surface area contributed by atoms with Gasteiger partial charge in [-0.2, -0.15) is 8.78 Å². The molecule has 0 radical (unpaired) electrons. The van der Waals surface area contributed by atoms with Crippen LogP contribution in [0, 0.1) is 0 Å². The first-order valence-corrected chi connectivity index (χ1v) is 9.59. The van der Waals surface area contributed by atoms with Crippen molar-refractivity contribution in [3.05, 3.63) is 84.0 Å². The van der Waals surface area contributed by atoms with Gasteiger partial charge in [0.15, 0.2) is 0 Å². The first-order chi connectivity index (χ1) is 14.4. The van der Waals surface area contributed by atoms with Crippen LogP contribution in [0.25, 0.3) is 11.1 Å². The Morgan fingerprint density at radius 3 is 2.20 bits per heavy atom. The van der Waals surface area contributed by atoms with Gasteiger partial charge in [-0.15, -0.1) is 0 Å². The molecule has 0 aliphatic heterocycles. The number of carbonyl (C=O) groups is 1. The van der Waals surface area contributed by atoms with Crippen LogP contribution in [0.4, 0.5) is 8.78 Å². The van der Waals surface area contributed by atoms with Gasteiger partial charge in [-0.3, -0.25) is 0 Å². The van der Waals surface area contributed by atoms with Gasteiger partial charge < -0.3 is 14.6 Å². The fourth-order valence-corrected chi connectivity index (χ4v) is 2.94. The lowest BCUT2D eigenvalue weighted by molar-refractivity contribution is -0.140. The van der Waals surface area contributed by atoms with Crippen molar-refractivity contribution in [1.29, 1.82) is 0 Å². The molecule has 0 spiro atoms. The maximum atomic E-state index is 12.1. The third-order valence-electron chi connectivity index (χ3n) is 4.66. The van der Waals surface area contributed by atoms with Gasteiger partial charge in [-0.05, 0) is 41.2 Å². The van der Waals surface area contributed by atoms with Gasteiger partial charge in [0.25, 0.3) is 6.08 Å². The van der Waals surface area contributed by atoms with Crippen LogP contribution in [0.2, 0.25) is 0 Å². The van der Waals surface area contributed by atoms with Gasteiger partial charge >= 0.3 is 5.97 Å². The predicted molar refractivity (Wildman–Crippen MR) is 112 cm³/mol. The molecule has 0 aromatic heterocycles. The predicted octanol–water partition coefficient (Wildman–Crippen LogP) is 4.89. The van der Waals surface area contributed by atoms with E-state index in [0.29, 0.717) is 19.4 Å². The Balaban J connectivity index is 2.03. The Labute approximate surface area is 175 Å². The van der Waals surface area contributed by atoms with Crippen molar-refractivity contribution in [2.45, 2.75) is 18.8 Å². The highest BCUT2D eigenvalue weighted by atomic mass is 19.3. The standard InChI is InChI=1S/C24H26F2O4/c1-17(14-27)24(28)30-16-22(15-29-2)21-12-10-20(11-13-21)19-8-6-18(7-9-19)4-3-5-23(25)26/h5-13,22,27H,1,3-4,14-16H2,2H3. The van der Waals surface area contributed by atoms with Crippen LogP contribution in [-0.4, -0.2) is 38.0 Å². The number of methoxy groups -OCH3 is 1. The van der Waals surface area contributed by atoms with Crippen LogP contribution in [-0.2, 0) is 20.7 Å². The molecule has 160 valence electrons. The number of halogens is 2. The molecule has 6 heteroatoms. The van der Waals surface area contributed by atoms with Crippen molar-refractivity contribution in [2.24, 2.45) is 0 Å². The number of esters is 1. The molecule has 1 atom stereocenters. The molecule has 2 rings (SSSR count). The van der Waals surface area contributed by atoms with E-state index in [0.717, 1.165) is 28.3 Å². The SMILES string of the molecule is C=C(CO)C(=O)OCC(COC)c1ccc(-c2ccc(CCC=C(F)F)cc2)cc1. The highest BCUT2D eigenvalue weighted by Gasteiger charge is 2.16. The van der Waals surface area contributed by atoms with Crippen LogP contribution >= 0.6 is 0 Å². The summed E-state index contributed by atoms with van der Waals surface area (Å²) in [5, 5.41) is 8.95. The maximum Gasteiger partial charge on any atom is 0.335 e. The van der Waals surface area contributed by atoms with Crippen molar-refractivity contribution in [2.75, 3.05) is 26.9 Å². The lowest BCUT2D eigenvalue weighted by Crippen LogP contribution is -2.18. The highest BCUT2D eigenvalue weighted by Crippen LogP contribution is 2.24. The highest BCUT2D eigenvalue weighted by molar-refractivity contribution is 5.87. The fraction of sp³-hybridized carbons (Fsp3) is 0.292. The molecular formula is C24H26F2O4. The van der Waals surface area contributed by atoms with Crippen LogP contribution < -0.4 is 0 Å². The lowest BCUT2D eigenvalue weighted by Gasteiger charge is -2.17. The number of hydrogen-bond donors (Lipinski definition) is 1. The van der Waals surface area contributed by atoms with E-state index in [1.807, 2.05) is 48.5 Å². The second-order valence-electron chi connectivity index (χ2n) is 6.86. The van der Waals surface area contributed by atoms with E-state index in [4.69, 9.17) is 14.6 Å². The molecular weight excluding hydrogens is 390 g/mol. The Hall–Kier alpha value is -2.83.